The minimum Gasteiger partial charge on any atom is -0.475 e. The van der Waals surface area contributed by atoms with Gasteiger partial charge in [0.1, 0.15) is 25.1 Å². The van der Waals surface area contributed by atoms with E-state index in [2.05, 4.69) is 9.68 Å². The molecule has 0 fully saturated rings. The van der Waals surface area contributed by atoms with E-state index in [1.807, 2.05) is 0 Å². The van der Waals surface area contributed by atoms with Crippen molar-refractivity contribution in [2.45, 2.75) is 32.2 Å². The summed E-state index contributed by atoms with van der Waals surface area (Å²) in [5.41, 5.74) is 0.368. The maximum absolute atomic E-state index is 13.5. The Bertz CT molecular complexity index is 867. The minimum atomic E-state index is -5.00. The molecule has 0 saturated heterocycles. The average molecular weight is 436 g/mol. The first-order valence-electron chi connectivity index (χ1n) is 8.20. The maximum Gasteiger partial charge on any atom is 0.430 e. The van der Waals surface area contributed by atoms with Crippen molar-refractivity contribution in [3.8, 4) is 5.75 Å². The van der Waals surface area contributed by atoms with Crippen LogP contribution in [0.2, 0.25) is 0 Å². The van der Waals surface area contributed by atoms with Gasteiger partial charge in [-0.25, -0.2) is 4.79 Å². The lowest BCUT2D eigenvalue weighted by Crippen LogP contribution is -2.42. The molecule has 0 spiro atoms. The first kappa shape index (κ1) is 22.7. The van der Waals surface area contributed by atoms with E-state index in [1.165, 1.54) is 13.0 Å². The van der Waals surface area contributed by atoms with E-state index in [1.54, 1.807) is 13.0 Å². The fraction of sp³-hybridized carbons (Fsp3) is 0.438. The highest BCUT2D eigenvalue weighted by molar-refractivity contribution is 5.96. The van der Waals surface area contributed by atoms with Gasteiger partial charge in [0.15, 0.2) is 0 Å². The number of alkyl halides is 3. The van der Waals surface area contributed by atoms with Crippen LogP contribution in [0.4, 0.5) is 13.2 Å². The predicted octanol–water partition coefficient (Wildman–Crippen LogP) is 2.34. The fourth-order valence-electron chi connectivity index (χ4n) is 2.71. The van der Waals surface area contributed by atoms with Crippen molar-refractivity contribution in [2.75, 3.05) is 13.2 Å². The second-order valence-electron chi connectivity index (χ2n) is 6.21. The highest BCUT2D eigenvalue weighted by Crippen LogP contribution is 2.39. The van der Waals surface area contributed by atoms with Gasteiger partial charge in [-0.1, -0.05) is 11.6 Å². The van der Waals surface area contributed by atoms with Crippen LogP contribution in [0.5, 0.6) is 5.75 Å². The molecule has 1 aromatic rings. The molecule has 1 atom stereocenters. The summed E-state index contributed by atoms with van der Waals surface area (Å²) in [5, 5.41) is 18.1. The van der Waals surface area contributed by atoms with E-state index in [4.69, 9.17) is 9.47 Å². The average Bonchev–Trinajstić information content (AvgIpc) is 2.61. The lowest BCUT2D eigenvalue weighted by molar-refractivity contribution is -0.768. The zero-order chi connectivity index (χ0) is 22.6. The smallest absolute Gasteiger partial charge is 0.430 e. The van der Waals surface area contributed by atoms with E-state index in [0.29, 0.717) is 11.1 Å². The molecule has 30 heavy (non-hydrogen) atoms. The molecule has 0 aliphatic carbocycles. The fourth-order valence-corrected chi connectivity index (χ4v) is 2.71. The van der Waals surface area contributed by atoms with Gasteiger partial charge in [0.05, 0.1) is 5.57 Å². The van der Waals surface area contributed by atoms with E-state index in [-0.39, 0.29) is 11.3 Å². The second-order valence-corrected chi connectivity index (χ2v) is 6.21. The summed E-state index contributed by atoms with van der Waals surface area (Å²) in [7, 11) is 0. The third-order valence-electron chi connectivity index (χ3n) is 3.82. The van der Waals surface area contributed by atoms with Gasteiger partial charge in [-0.3, -0.25) is 0 Å². The van der Waals surface area contributed by atoms with Crippen molar-refractivity contribution >= 4 is 12.0 Å². The number of nitrogens with zero attached hydrogens (tertiary/aromatic N) is 2. The van der Waals surface area contributed by atoms with Crippen LogP contribution in [0, 0.1) is 34.1 Å². The highest BCUT2D eigenvalue weighted by Gasteiger charge is 2.49. The van der Waals surface area contributed by atoms with Crippen LogP contribution < -0.4 is 4.74 Å². The third kappa shape index (κ3) is 5.71. The molecule has 0 bridgehead atoms. The number of carbonyl (C=O) groups excluding carboxylic acids is 1. The van der Waals surface area contributed by atoms with Crippen molar-refractivity contribution in [1.82, 2.24) is 0 Å². The van der Waals surface area contributed by atoms with Crippen LogP contribution in [0.1, 0.15) is 16.7 Å². The quantitative estimate of drug-likeness (QED) is 0.341. The van der Waals surface area contributed by atoms with Crippen molar-refractivity contribution in [1.29, 1.82) is 0 Å². The third-order valence-corrected chi connectivity index (χ3v) is 3.82. The minimum absolute atomic E-state index is 0.0654. The zero-order valence-corrected chi connectivity index (χ0v) is 15.5. The second kappa shape index (κ2) is 8.84. The Morgan fingerprint density at radius 1 is 1.17 bits per heavy atom. The molecule has 1 heterocycles. The lowest BCUT2D eigenvalue weighted by Gasteiger charge is -2.29. The summed E-state index contributed by atoms with van der Waals surface area (Å²) in [4.78, 5) is 41.0. The largest absolute Gasteiger partial charge is 0.475 e. The monoisotopic (exact) mass is 436 g/mol. The molecule has 1 aliphatic rings. The summed E-state index contributed by atoms with van der Waals surface area (Å²) in [6, 6.07) is 3.09. The molecule has 0 unspecified atom stereocenters. The van der Waals surface area contributed by atoms with Gasteiger partial charge in [-0.15, -0.1) is 20.2 Å². The number of fused-ring (bicyclic) bond motifs is 1. The highest BCUT2D eigenvalue weighted by atomic mass is 19.4. The molecule has 14 heteroatoms. The normalized spacial score (nSPS) is 15.5. The van der Waals surface area contributed by atoms with Gasteiger partial charge in [0, 0.05) is 5.56 Å². The molecular weight excluding hydrogens is 421 g/mol. The molecule has 0 amide bonds. The Balaban J connectivity index is 2.34. The first-order valence-corrected chi connectivity index (χ1v) is 8.20. The van der Waals surface area contributed by atoms with Crippen molar-refractivity contribution in [3.63, 3.8) is 0 Å². The van der Waals surface area contributed by atoms with Crippen molar-refractivity contribution in [3.05, 3.63) is 54.6 Å². The van der Waals surface area contributed by atoms with E-state index < -0.39 is 53.3 Å². The summed E-state index contributed by atoms with van der Waals surface area (Å²) >= 11 is 0. The molecule has 164 valence electrons. The summed E-state index contributed by atoms with van der Waals surface area (Å²) < 4.78 is 50.3. The number of aryl methyl sites for hydroxylation is 2. The molecule has 1 aromatic carbocycles. The van der Waals surface area contributed by atoms with Crippen LogP contribution in [-0.4, -0.2) is 47.7 Å². The number of benzene rings is 1. The number of esters is 1. The number of carbonyl (C=O) groups is 1. The molecule has 0 saturated carbocycles. The van der Waals surface area contributed by atoms with Crippen molar-refractivity contribution in [2.24, 2.45) is 0 Å². The molecular formula is C16H15F3N2O9. The standard InChI is InChI=1S/C16H15F3N2O9/c1-8-3-9(2)13-10(4-8)5-12(14(30-13)16(17,18)19)15(22)29-11(6-27-20(23)24)7-28-21(25)26/h3-5,11,14H,6-7H2,1-2H3/t14-/m0/s1. The summed E-state index contributed by atoms with van der Waals surface area (Å²) in [5.74, 6) is -1.62. The number of hydrogen-bond acceptors (Lipinski definition) is 9. The molecule has 2 rings (SSSR count). The van der Waals surface area contributed by atoms with Crippen LogP contribution in [0.25, 0.3) is 6.08 Å². The Kier molecular flexibility index (Phi) is 6.69. The van der Waals surface area contributed by atoms with Crippen LogP contribution in [-0.2, 0) is 19.2 Å². The number of hydrogen-bond donors (Lipinski definition) is 0. The maximum atomic E-state index is 13.5. The molecule has 0 radical (unpaired) electrons. The lowest BCUT2D eigenvalue weighted by atomic mass is 9.97. The number of rotatable bonds is 8. The van der Waals surface area contributed by atoms with Crippen LogP contribution in [0.3, 0.4) is 0 Å². The summed E-state index contributed by atoms with van der Waals surface area (Å²) in [6.07, 6.45) is -8.47. The zero-order valence-electron chi connectivity index (χ0n) is 15.5. The number of halogens is 3. The Morgan fingerprint density at radius 3 is 2.23 bits per heavy atom. The van der Waals surface area contributed by atoms with Gasteiger partial charge < -0.3 is 19.1 Å². The summed E-state index contributed by atoms with van der Waals surface area (Å²) in [6.45, 7) is 1.24. The van der Waals surface area contributed by atoms with Gasteiger partial charge in [-0.2, -0.15) is 13.2 Å². The van der Waals surface area contributed by atoms with Crippen molar-refractivity contribution < 1.29 is 47.3 Å². The SMILES string of the molecule is Cc1cc(C)c2c(c1)C=C(C(=O)OC(CO[N+](=O)[O-])CO[N+](=O)[O-])[C@@H](C(F)(F)F)O2. The van der Waals surface area contributed by atoms with Gasteiger partial charge >= 0.3 is 12.1 Å². The van der Waals surface area contributed by atoms with E-state index in [0.717, 1.165) is 6.08 Å². The molecule has 0 N–H and O–H groups in total. The molecule has 1 aliphatic heterocycles. The number of ether oxygens (including phenoxy) is 2. The van der Waals surface area contributed by atoms with Crippen LogP contribution >= 0.6 is 0 Å². The van der Waals surface area contributed by atoms with Gasteiger partial charge in [-0.05, 0) is 31.6 Å². The topological polar surface area (TPSA) is 140 Å². The Labute approximate surface area is 166 Å². The predicted molar refractivity (Wildman–Crippen MR) is 90.1 cm³/mol. The Hall–Kier alpha value is -3.58. The molecule has 0 aromatic heterocycles. The molecule has 11 nitrogen and oxygen atoms in total. The Morgan fingerprint density at radius 2 is 1.73 bits per heavy atom. The van der Waals surface area contributed by atoms with Gasteiger partial charge in [0.25, 0.3) is 10.2 Å². The first-order chi connectivity index (χ1) is 13.9. The van der Waals surface area contributed by atoms with E-state index in [9.17, 15) is 38.2 Å². The van der Waals surface area contributed by atoms with Crippen LogP contribution in [0.15, 0.2) is 17.7 Å². The van der Waals surface area contributed by atoms with E-state index >= 15 is 0 Å². The van der Waals surface area contributed by atoms with Gasteiger partial charge in [0.2, 0.25) is 6.10 Å².